The summed E-state index contributed by atoms with van der Waals surface area (Å²) in [6.45, 7) is 7.26. The van der Waals surface area contributed by atoms with Gasteiger partial charge in [0, 0.05) is 34.4 Å². The molecule has 1 heterocycles. The first-order valence-corrected chi connectivity index (χ1v) is 9.67. The molecule has 0 bridgehead atoms. The first-order chi connectivity index (χ1) is 12.4. The van der Waals surface area contributed by atoms with E-state index in [1.165, 1.54) is 12.1 Å². The lowest BCUT2D eigenvalue weighted by atomic mass is 9.86. The van der Waals surface area contributed by atoms with Crippen LogP contribution in [0.4, 0.5) is 10.1 Å². The van der Waals surface area contributed by atoms with Crippen LogP contribution in [0, 0.1) is 5.82 Å². The zero-order valence-corrected chi connectivity index (χ0v) is 16.6. The number of aliphatic hydroxyl groups is 2. The third kappa shape index (κ3) is 3.16. The van der Waals surface area contributed by atoms with Gasteiger partial charge in [0.15, 0.2) is 11.8 Å². The molecular formula is C20H24BrFN2O2. The second-order valence-corrected chi connectivity index (χ2v) is 7.42. The molecule has 2 unspecified atom stereocenters. The number of benzene rings is 2. The van der Waals surface area contributed by atoms with Crippen LogP contribution in [0.3, 0.4) is 0 Å². The lowest BCUT2D eigenvalue weighted by Gasteiger charge is -2.33. The van der Waals surface area contributed by atoms with Crippen LogP contribution in [-0.2, 0) is 5.60 Å². The Morgan fingerprint density at radius 2 is 1.85 bits per heavy atom. The molecule has 0 aromatic heterocycles. The first kappa shape index (κ1) is 19.3. The molecule has 1 aliphatic heterocycles. The number of anilines is 1. The number of halogens is 2. The van der Waals surface area contributed by atoms with Crippen molar-refractivity contribution in [2.75, 3.05) is 31.1 Å². The minimum Gasteiger partial charge on any atom is -0.375 e. The number of hydrogen-bond acceptors (Lipinski definition) is 4. The van der Waals surface area contributed by atoms with E-state index in [1.54, 1.807) is 29.2 Å². The van der Waals surface area contributed by atoms with Crippen molar-refractivity contribution < 1.29 is 14.6 Å². The van der Waals surface area contributed by atoms with Gasteiger partial charge in [-0.2, -0.15) is 0 Å². The van der Waals surface area contributed by atoms with Gasteiger partial charge in [-0.25, -0.2) is 4.39 Å². The van der Waals surface area contributed by atoms with Gasteiger partial charge in [-0.05, 0) is 31.3 Å². The summed E-state index contributed by atoms with van der Waals surface area (Å²) >= 11 is 3.45. The van der Waals surface area contributed by atoms with Gasteiger partial charge in [-0.3, -0.25) is 0 Å². The second-order valence-electron chi connectivity index (χ2n) is 6.50. The molecule has 0 spiro atoms. The number of fused-ring (bicyclic) bond motifs is 1. The van der Waals surface area contributed by atoms with Crippen LogP contribution >= 0.6 is 15.9 Å². The Labute approximate surface area is 162 Å². The summed E-state index contributed by atoms with van der Waals surface area (Å²) in [5, 5.41) is 22.5. The smallest absolute Gasteiger partial charge is 0.164 e. The molecule has 140 valence electrons. The number of likely N-dealkylation sites (N-methyl/N-ethyl adjacent to an activating group) is 1. The minimum absolute atomic E-state index is 0.0846. The van der Waals surface area contributed by atoms with Crippen LogP contribution in [-0.4, -0.2) is 47.5 Å². The Kier molecular flexibility index (Phi) is 5.67. The molecule has 0 amide bonds. The summed E-state index contributed by atoms with van der Waals surface area (Å²) in [5.74, 6) is -0.534. The maximum Gasteiger partial charge on any atom is 0.164 e. The molecular weight excluding hydrogens is 399 g/mol. The monoisotopic (exact) mass is 422 g/mol. The van der Waals surface area contributed by atoms with Crippen LogP contribution < -0.4 is 4.90 Å². The number of hydrogen-bond donors (Lipinski definition) is 2. The highest BCUT2D eigenvalue weighted by molar-refractivity contribution is 9.10. The normalized spacial score (nSPS) is 22.1. The summed E-state index contributed by atoms with van der Waals surface area (Å²) in [7, 11) is 0. The molecule has 6 heteroatoms. The van der Waals surface area contributed by atoms with Crippen LogP contribution in [0.25, 0.3) is 0 Å². The molecule has 4 nitrogen and oxygen atoms in total. The van der Waals surface area contributed by atoms with Crippen LogP contribution in [0.15, 0.2) is 46.9 Å². The summed E-state index contributed by atoms with van der Waals surface area (Å²) in [6.07, 6.45) is -1.26. The molecule has 0 fully saturated rings. The standard InChI is InChI=1S/C20H24BrFN2O2/c1-3-23(4-2)11-12-24-18-13-14(21)9-10-16(18)20(26,19(24)25)15-7-5-6-8-17(15)22/h5-10,13,19,25-26H,3-4,11-12H2,1-2H3. The number of aliphatic hydroxyl groups excluding tert-OH is 1. The van der Waals surface area contributed by atoms with E-state index in [4.69, 9.17) is 0 Å². The van der Waals surface area contributed by atoms with Crippen molar-refractivity contribution in [3.05, 3.63) is 63.9 Å². The lowest BCUT2D eigenvalue weighted by molar-refractivity contribution is -0.0409. The fourth-order valence-corrected chi connectivity index (χ4v) is 4.00. The van der Waals surface area contributed by atoms with Crippen molar-refractivity contribution in [2.24, 2.45) is 0 Å². The first-order valence-electron chi connectivity index (χ1n) is 8.87. The van der Waals surface area contributed by atoms with Gasteiger partial charge in [0.25, 0.3) is 0 Å². The van der Waals surface area contributed by atoms with E-state index in [2.05, 4.69) is 34.7 Å². The van der Waals surface area contributed by atoms with E-state index in [9.17, 15) is 14.6 Å². The largest absolute Gasteiger partial charge is 0.375 e. The van der Waals surface area contributed by atoms with Gasteiger partial charge in [0.05, 0.1) is 0 Å². The summed E-state index contributed by atoms with van der Waals surface area (Å²) in [5.41, 5.74) is -0.506. The van der Waals surface area contributed by atoms with Gasteiger partial charge in [-0.15, -0.1) is 0 Å². The Balaban J connectivity index is 2.05. The lowest BCUT2D eigenvalue weighted by Crippen LogP contribution is -2.48. The van der Waals surface area contributed by atoms with E-state index >= 15 is 0 Å². The molecule has 2 atom stereocenters. The maximum absolute atomic E-state index is 14.5. The summed E-state index contributed by atoms with van der Waals surface area (Å²) < 4.78 is 15.3. The minimum atomic E-state index is -1.81. The summed E-state index contributed by atoms with van der Waals surface area (Å²) in [4.78, 5) is 4.00. The molecule has 3 rings (SSSR count). The van der Waals surface area contributed by atoms with Gasteiger partial charge < -0.3 is 20.0 Å². The highest BCUT2D eigenvalue weighted by atomic mass is 79.9. The Morgan fingerprint density at radius 1 is 1.15 bits per heavy atom. The summed E-state index contributed by atoms with van der Waals surface area (Å²) in [6, 6.07) is 11.5. The topological polar surface area (TPSA) is 46.9 Å². The fraction of sp³-hybridized carbons (Fsp3) is 0.400. The van der Waals surface area contributed by atoms with Crippen molar-refractivity contribution in [3.63, 3.8) is 0 Å². The number of nitrogens with zero attached hydrogens (tertiary/aromatic N) is 2. The van der Waals surface area contributed by atoms with Crippen molar-refractivity contribution in [1.29, 1.82) is 0 Å². The van der Waals surface area contributed by atoms with Crippen LogP contribution in [0.2, 0.25) is 0 Å². The zero-order chi connectivity index (χ0) is 18.9. The third-order valence-electron chi connectivity index (χ3n) is 5.18. The molecule has 26 heavy (non-hydrogen) atoms. The SMILES string of the molecule is CCN(CC)CCN1c2cc(Br)ccc2C(O)(c2ccccc2F)C1O. The van der Waals surface area contributed by atoms with E-state index in [0.29, 0.717) is 17.8 Å². The molecule has 0 radical (unpaired) electrons. The Bertz CT molecular complexity index is 784. The highest BCUT2D eigenvalue weighted by Gasteiger charge is 2.51. The van der Waals surface area contributed by atoms with Crippen molar-refractivity contribution in [2.45, 2.75) is 25.7 Å². The fourth-order valence-electron chi connectivity index (χ4n) is 3.65. The van der Waals surface area contributed by atoms with E-state index in [0.717, 1.165) is 24.1 Å². The van der Waals surface area contributed by atoms with E-state index in [-0.39, 0.29) is 5.56 Å². The molecule has 2 N–H and O–H groups in total. The zero-order valence-electron chi connectivity index (χ0n) is 15.0. The van der Waals surface area contributed by atoms with Gasteiger partial charge in [0.2, 0.25) is 0 Å². The molecule has 0 aliphatic carbocycles. The Hall–Kier alpha value is -1.47. The molecule has 2 aromatic carbocycles. The number of rotatable bonds is 6. The van der Waals surface area contributed by atoms with Gasteiger partial charge in [-0.1, -0.05) is 54.0 Å². The highest BCUT2D eigenvalue weighted by Crippen LogP contribution is 2.48. The predicted octanol–water partition coefficient (Wildman–Crippen LogP) is 3.30. The molecule has 2 aromatic rings. The van der Waals surface area contributed by atoms with Gasteiger partial charge in [0.1, 0.15) is 5.82 Å². The van der Waals surface area contributed by atoms with E-state index in [1.807, 2.05) is 6.07 Å². The van der Waals surface area contributed by atoms with E-state index < -0.39 is 17.6 Å². The van der Waals surface area contributed by atoms with Crippen molar-refractivity contribution >= 4 is 21.6 Å². The predicted molar refractivity (Wildman–Crippen MR) is 105 cm³/mol. The van der Waals surface area contributed by atoms with Crippen molar-refractivity contribution in [3.8, 4) is 0 Å². The van der Waals surface area contributed by atoms with Crippen molar-refractivity contribution in [1.82, 2.24) is 4.90 Å². The molecule has 0 saturated heterocycles. The van der Waals surface area contributed by atoms with Crippen LogP contribution in [0.5, 0.6) is 0 Å². The quantitative estimate of drug-likeness (QED) is 0.749. The Morgan fingerprint density at radius 3 is 2.50 bits per heavy atom. The second kappa shape index (κ2) is 7.64. The van der Waals surface area contributed by atoms with Gasteiger partial charge >= 0.3 is 0 Å². The average Bonchev–Trinajstić information content (AvgIpc) is 2.84. The maximum atomic E-state index is 14.5. The van der Waals surface area contributed by atoms with Crippen LogP contribution in [0.1, 0.15) is 25.0 Å². The third-order valence-corrected chi connectivity index (χ3v) is 5.68. The molecule has 1 aliphatic rings. The average molecular weight is 423 g/mol. The molecule has 0 saturated carbocycles.